The van der Waals surface area contributed by atoms with Crippen LogP contribution in [0.25, 0.3) is 0 Å². The summed E-state index contributed by atoms with van der Waals surface area (Å²) in [5.74, 6) is 1.87. The van der Waals surface area contributed by atoms with E-state index in [-0.39, 0.29) is 24.0 Å². The van der Waals surface area contributed by atoms with Gasteiger partial charge in [-0.3, -0.25) is 9.89 Å². The fourth-order valence-electron chi connectivity index (χ4n) is 3.38. The van der Waals surface area contributed by atoms with Crippen LogP contribution in [0.1, 0.15) is 38.7 Å². The number of likely N-dealkylation sites (tertiary alicyclic amines) is 1. The SMILES string of the molecule is CCNC(=NCC1CCCN1CC)NCCCc1cccc(OC)c1.I. The smallest absolute Gasteiger partial charge is 0.191 e. The molecule has 0 aliphatic carbocycles. The Labute approximate surface area is 176 Å². The van der Waals surface area contributed by atoms with Crippen LogP contribution in [0.2, 0.25) is 0 Å². The predicted octanol–water partition coefficient (Wildman–Crippen LogP) is 3.29. The monoisotopic (exact) mass is 474 g/mol. The van der Waals surface area contributed by atoms with Crippen LogP contribution in [0.5, 0.6) is 5.75 Å². The Kier molecular flexibility index (Phi) is 11.7. The number of nitrogens with one attached hydrogen (secondary N) is 2. The Hall–Kier alpha value is -1.02. The summed E-state index contributed by atoms with van der Waals surface area (Å²) in [5.41, 5.74) is 1.31. The highest BCUT2D eigenvalue weighted by Gasteiger charge is 2.22. The summed E-state index contributed by atoms with van der Waals surface area (Å²) in [7, 11) is 1.71. The van der Waals surface area contributed by atoms with Crippen LogP contribution in [-0.2, 0) is 6.42 Å². The number of benzene rings is 1. The number of aryl methyl sites for hydroxylation is 1. The first-order valence-electron chi connectivity index (χ1n) is 9.66. The molecule has 0 aromatic heterocycles. The Morgan fingerprint density at radius 1 is 1.31 bits per heavy atom. The summed E-state index contributed by atoms with van der Waals surface area (Å²) in [5, 5.41) is 6.82. The van der Waals surface area contributed by atoms with Crippen molar-refractivity contribution >= 4 is 29.9 Å². The van der Waals surface area contributed by atoms with Gasteiger partial charge in [0.2, 0.25) is 0 Å². The lowest BCUT2D eigenvalue weighted by atomic mass is 10.1. The van der Waals surface area contributed by atoms with Gasteiger partial charge in [-0.25, -0.2) is 0 Å². The molecule has 1 aromatic carbocycles. The molecule has 0 spiro atoms. The molecule has 1 aromatic rings. The molecule has 1 aliphatic rings. The first kappa shape index (κ1) is 23.0. The lowest BCUT2D eigenvalue weighted by Gasteiger charge is -2.21. The van der Waals surface area contributed by atoms with Crippen molar-refractivity contribution in [2.75, 3.05) is 39.8 Å². The van der Waals surface area contributed by atoms with E-state index in [4.69, 9.17) is 9.73 Å². The Bertz CT molecular complexity index is 538. The lowest BCUT2D eigenvalue weighted by Crippen LogP contribution is -2.39. The molecule has 1 heterocycles. The van der Waals surface area contributed by atoms with Crippen LogP contribution in [0.4, 0.5) is 0 Å². The van der Waals surface area contributed by atoms with Gasteiger partial charge in [0.15, 0.2) is 5.96 Å². The fraction of sp³-hybridized carbons (Fsp3) is 0.650. The van der Waals surface area contributed by atoms with Crippen LogP contribution < -0.4 is 15.4 Å². The van der Waals surface area contributed by atoms with Gasteiger partial charge in [-0.15, -0.1) is 24.0 Å². The third-order valence-corrected chi connectivity index (χ3v) is 4.78. The Balaban J connectivity index is 0.00000338. The maximum atomic E-state index is 5.28. The number of likely N-dealkylation sites (N-methyl/N-ethyl adjacent to an activating group) is 1. The number of methoxy groups -OCH3 is 1. The van der Waals surface area contributed by atoms with E-state index in [9.17, 15) is 0 Å². The third-order valence-electron chi connectivity index (χ3n) is 4.78. The predicted molar refractivity (Wildman–Crippen MR) is 121 cm³/mol. The maximum absolute atomic E-state index is 5.28. The summed E-state index contributed by atoms with van der Waals surface area (Å²) >= 11 is 0. The zero-order chi connectivity index (χ0) is 17.9. The van der Waals surface area contributed by atoms with Crippen LogP contribution in [0.3, 0.4) is 0 Å². The van der Waals surface area contributed by atoms with Crippen LogP contribution in [-0.4, -0.2) is 56.7 Å². The van der Waals surface area contributed by atoms with E-state index in [0.717, 1.165) is 50.7 Å². The molecule has 2 N–H and O–H groups in total. The van der Waals surface area contributed by atoms with E-state index in [0.29, 0.717) is 6.04 Å². The van der Waals surface area contributed by atoms with Crippen LogP contribution in [0.15, 0.2) is 29.3 Å². The molecule has 1 fully saturated rings. The average Bonchev–Trinajstić information content (AvgIpc) is 3.11. The minimum Gasteiger partial charge on any atom is -0.497 e. The zero-order valence-corrected chi connectivity index (χ0v) is 18.8. The average molecular weight is 474 g/mol. The number of aliphatic imine (C=N–C) groups is 1. The van der Waals surface area contributed by atoms with E-state index in [1.807, 2.05) is 12.1 Å². The normalized spacial score (nSPS) is 17.7. The number of guanidine groups is 1. The van der Waals surface area contributed by atoms with E-state index < -0.39 is 0 Å². The molecule has 2 rings (SSSR count). The number of hydrogen-bond donors (Lipinski definition) is 2. The van der Waals surface area contributed by atoms with Crippen molar-refractivity contribution < 1.29 is 4.74 Å². The Morgan fingerprint density at radius 3 is 2.88 bits per heavy atom. The highest BCUT2D eigenvalue weighted by Crippen LogP contribution is 2.16. The number of ether oxygens (including phenoxy) is 1. The molecular weight excluding hydrogens is 439 g/mol. The lowest BCUT2D eigenvalue weighted by molar-refractivity contribution is 0.273. The van der Waals surface area contributed by atoms with Gasteiger partial charge >= 0.3 is 0 Å². The molecule has 1 aliphatic heterocycles. The number of halogens is 1. The van der Waals surface area contributed by atoms with Gasteiger partial charge < -0.3 is 15.4 Å². The van der Waals surface area contributed by atoms with Gasteiger partial charge in [-0.1, -0.05) is 19.1 Å². The van der Waals surface area contributed by atoms with Gasteiger partial charge in [0, 0.05) is 19.1 Å². The molecule has 6 heteroatoms. The summed E-state index contributed by atoms with van der Waals surface area (Å²) in [6.07, 6.45) is 4.68. The second-order valence-corrected chi connectivity index (χ2v) is 6.53. The van der Waals surface area contributed by atoms with E-state index in [1.54, 1.807) is 7.11 Å². The molecule has 1 unspecified atom stereocenters. The molecule has 1 saturated heterocycles. The summed E-state index contributed by atoms with van der Waals surface area (Å²) in [6, 6.07) is 8.91. The second-order valence-electron chi connectivity index (χ2n) is 6.53. The molecule has 26 heavy (non-hydrogen) atoms. The fourth-order valence-corrected chi connectivity index (χ4v) is 3.38. The van der Waals surface area contributed by atoms with Crippen molar-refractivity contribution in [2.45, 2.75) is 45.6 Å². The van der Waals surface area contributed by atoms with E-state index >= 15 is 0 Å². The van der Waals surface area contributed by atoms with Crippen molar-refractivity contribution in [1.82, 2.24) is 15.5 Å². The standard InChI is InChI=1S/C20H34N4O.HI/c1-4-21-20(23-16-18-11-8-14-24(18)5-2)22-13-7-10-17-9-6-12-19(15-17)25-3;/h6,9,12,15,18H,4-5,7-8,10-11,13-14,16H2,1-3H3,(H2,21,22,23);1H. The highest BCUT2D eigenvalue weighted by atomic mass is 127. The third kappa shape index (κ3) is 7.70. The van der Waals surface area contributed by atoms with Gasteiger partial charge in [0.05, 0.1) is 13.7 Å². The van der Waals surface area contributed by atoms with Crippen molar-refractivity contribution in [3.63, 3.8) is 0 Å². The van der Waals surface area contributed by atoms with Gasteiger partial charge in [0.25, 0.3) is 0 Å². The van der Waals surface area contributed by atoms with Gasteiger partial charge in [-0.05, 0) is 63.4 Å². The van der Waals surface area contributed by atoms with Crippen molar-refractivity contribution in [1.29, 1.82) is 0 Å². The minimum atomic E-state index is 0. The van der Waals surface area contributed by atoms with Crippen molar-refractivity contribution in [3.05, 3.63) is 29.8 Å². The molecule has 0 saturated carbocycles. The highest BCUT2D eigenvalue weighted by molar-refractivity contribution is 14.0. The first-order valence-corrected chi connectivity index (χ1v) is 9.66. The number of hydrogen-bond acceptors (Lipinski definition) is 3. The number of rotatable bonds is 9. The molecular formula is C20H35IN4O. The largest absolute Gasteiger partial charge is 0.497 e. The summed E-state index contributed by atoms with van der Waals surface area (Å²) in [4.78, 5) is 7.34. The van der Waals surface area contributed by atoms with Crippen molar-refractivity contribution in [2.24, 2.45) is 4.99 Å². The zero-order valence-electron chi connectivity index (χ0n) is 16.5. The van der Waals surface area contributed by atoms with Crippen LogP contribution >= 0.6 is 24.0 Å². The summed E-state index contributed by atoms with van der Waals surface area (Å²) in [6.45, 7) is 9.41. The quantitative estimate of drug-likeness (QED) is 0.250. The second kappa shape index (κ2) is 13.2. The molecule has 0 amide bonds. The van der Waals surface area contributed by atoms with Crippen LogP contribution in [0, 0.1) is 0 Å². The maximum Gasteiger partial charge on any atom is 0.191 e. The van der Waals surface area contributed by atoms with Crippen molar-refractivity contribution in [3.8, 4) is 5.75 Å². The Morgan fingerprint density at radius 2 is 2.15 bits per heavy atom. The minimum absolute atomic E-state index is 0. The van der Waals surface area contributed by atoms with E-state index in [1.165, 1.54) is 24.9 Å². The summed E-state index contributed by atoms with van der Waals surface area (Å²) < 4.78 is 5.28. The van der Waals surface area contributed by atoms with Gasteiger partial charge in [-0.2, -0.15) is 0 Å². The topological polar surface area (TPSA) is 48.9 Å². The molecule has 0 bridgehead atoms. The molecule has 5 nitrogen and oxygen atoms in total. The number of nitrogens with zero attached hydrogens (tertiary/aromatic N) is 2. The molecule has 148 valence electrons. The van der Waals surface area contributed by atoms with E-state index in [2.05, 4.69) is 41.5 Å². The van der Waals surface area contributed by atoms with Gasteiger partial charge in [0.1, 0.15) is 5.75 Å². The molecule has 0 radical (unpaired) electrons. The molecule has 1 atom stereocenters. The first-order chi connectivity index (χ1) is 12.3.